The van der Waals surface area contributed by atoms with Crippen molar-refractivity contribution in [1.82, 2.24) is 9.80 Å². The van der Waals surface area contributed by atoms with E-state index in [0.29, 0.717) is 47.0 Å². The zero-order valence-electron chi connectivity index (χ0n) is 34.1. The molecular formula is C44H76N2O5. The smallest absolute Gasteiger partial charge is 0.170 e. The number of piperidine rings is 1. The van der Waals surface area contributed by atoms with Crippen LogP contribution in [0, 0.1) is 51.2 Å². The monoisotopic (exact) mass is 713 g/mol. The van der Waals surface area contributed by atoms with Crippen LogP contribution in [0.25, 0.3) is 0 Å². The normalized spacial score (nSPS) is 50.4. The third-order valence-corrected chi connectivity index (χ3v) is 18.1. The highest BCUT2D eigenvalue weighted by Crippen LogP contribution is 2.89. The predicted octanol–water partition coefficient (Wildman–Crippen LogP) is 7.92. The van der Waals surface area contributed by atoms with Crippen molar-refractivity contribution in [1.29, 1.82) is 0 Å². The number of hydrogen-bond acceptors (Lipinski definition) is 7. The van der Waals surface area contributed by atoms with E-state index in [1.807, 2.05) is 20.8 Å². The zero-order valence-corrected chi connectivity index (χ0v) is 34.1. The molecule has 9 unspecified atom stereocenters. The Morgan fingerprint density at radius 1 is 0.902 bits per heavy atom. The Bertz CT molecular complexity index is 1250. The topological polar surface area (TPSA) is 63.6 Å². The maximum Gasteiger partial charge on any atom is 0.170 e. The molecule has 1 N–H and O–H groups in total. The Morgan fingerprint density at radius 2 is 1.69 bits per heavy atom. The molecule has 5 saturated carbocycles. The number of likely N-dealkylation sites (tertiary alicyclic amines) is 1. The van der Waals surface area contributed by atoms with Gasteiger partial charge in [-0.2, -0.15) is 0 Å². The van der Waals surface area contributed by atoms with Gasteiger partial charge < -0.3 is 29.0 Å². The van der Waals surface area contributed by atoms with E-state index < -0.39 is 5.60 Å². The first kappa shape index (κ1) is 37.6. The zero-order chi connectivity index (χ0) is 36.1. The van der Waals surface area contributed by atoms with Gasteiger partial charge in [0, 0.05) is 31.8 Å². The van der Waals surface area contributed by atoms with E-state index in [1.54, 1.807) is 0 Å². The number of nitrogens with zero attached hydrogens (tertiary/aromatic N) is 2. The van der Waals surface area contributed by atoms with Gasteiger partial charge in [-0.25, -0.2) is 0 Å². The quantitative estimate of drug-likeness (QED) is 0.261. The van der Waals surface area contributed by atoms with Crippen molar-refractivity contribution < 1.29 is 24.1 Å². The fraction of sp³-hybridized carbons (Fsp3) is 1.00. The largest absolute Gasteiger partial charge is 0.388 e. The summed E-state index contributed by atoms with van der Waals surface area (Å²) in [4.78, 5) is 5.33. The molecule has 3 aliphatic heterocycles. The van der Waals surface area contributed by atoms with Crippen LogP contribution in [0.2, 0.25) is 0 Å². The first-order valence-electron chi connectivity index (χ1n) is 21.9. The standard InChI is InChI=1S/C44H76N2O5/c1-10-12-29-25-30(18-22-45(29)9)46-23-24-49-38(27-46)51-37-17-19-44-28(3)43(44)21-20-42(8)32-13-15-34(39(48-11-2)41(6,7)47)50-35(32)26-33(42)31(43)14-16-36(44)40(37,4)5/h28-39,47H,10-27H2,1-9H3/t28-,29?,30?,31?,32?,33?,34?,35?,36-,37-,38?,39-,42+,43-,44?/m0/s1. The van der Waals surface area contributed by atoms with E-state index in [4.69, 9.17) is 18.9 Å². The molecule has 0 aromatic heterocycles. The molecule has 0 amide bonds. The summed E-state index contributed by atoms with van der Waals surface area (Å²) in [6.07, 6.45) is 16.8. The lowest BCUT2D eigenvalue weighted by atomic mass is 9.46. The summed E-state index contributed by atoms with van der Waals surface area (Å²) in [6, 6.07) is 1.38. The highest BCUT2D eigenvalue weighted by atomic mass is 16.7. The molecule has 0 aromatic rings. The number of hydrogen-bond donors (Lipinski definition) is 1. The molecule has 8 rings (SSSR count). The highest BCUT2D eigenvalue weighted by Gasteiger charge is 2.84. The minimum Gasteiger partial charge on any atom is -0.388 e. The van der Waals surface area contributed by atoms with E-state index in [-0.39, 0.29) is 30.0 Å². The molecule has 292 valence electrons. The summed E-state index contributed by atoms with van der Waals surface area (Å²) in [5.41, 5.74) is 0.599. The fourth-order valence-electron chi connectivity index (χ4n) is 15.8. The van der Waals surface area contributed by atoms with Crippen molar-refractivity contribution in [3.05, 3.63) is 0 Å². The van der Waals surface area contributed by atoms with Crippen LogP contribution in [0.1, 0.15) is 139 Å². The van der Waals surface area contributed by atoms with Gasteiger partial charge in [0.2, 0.25) is 0 Å². The molecule has 3 heterocycles. The second-order valence-corrected chi connectivity index (χ2v) is 20.7. The molecule has 7 heteroatoms. The molecule has 51 heavy (non-hydrogen) atoms. The lowest BCUT2D eigenvalue weighted by Gasteiger charge is -2.60. The first-order valence-corrected chi connectivity index (χ1v) is 21.9. The van der Waals surface area contributed by atoms with Crippen molar-refractivity contribution in [2.45, 2.75) is 187 Å². The summed E-state index contributed by atoms with van der Waals surface area (Å²) in [7, 11) is 2.33. The van der Waals surface area contributed by atoms with Gasteiger partial charge in [-0.15, -0.1) is 0 Å². The van der Waals surface area contributed by atoms with Gasteiger partial charge in [-0.05, 0) is 163 Å². The molecule has 0 bridgehead atoms. The van der Waals surface area contributed by atoms with Gasteiger partial charge in [0.05, 0.1) is 30.5 Å². The van der Waals surface area contributed by atoms with Crippen LogP contribution in [-0.2, 0) is 18.9 Å². The number of morpholine rings is 1. The highest BCUT2D eigenvalue weighted by molar-refractivity contribution is 5.32. The van der Waals surface area contributed by atoms with Gasteiger partial charge in [0.15, 0.2) is 6.29 Å². The Morgan fingerprint density at radius 3 is 2.43 bits per heavy atom. The van der Waals surface area contributed by atoms with Crippen LogP contribution in [0.4, 0.5) is 0 Å². The average Bonchev–Trinajstić information content (AvgIpc) is 3.47. The van der Waals surface area contributed by atoms with E-state index in [1.165, 1.54) is 83.6 Å². The van der Waals surface area contributed by atoms with Crippen molar-refractivity contribution >= 4 is 0 Å². The Kier molecular flexibility index (Phi) is 9.92. The third-order valence-electron chi connectivity index (χ3n) is 18.1. The third kappa shape index (κ3) is 5.72. The summed E-state index contributed by atoms with van der Waals surface area (Å²) in [5, 5.41) is 11.0. The van der Waals surface area contributed by atoms with E-state index in [9.17, 15) is 5.11 Å². The van der Waals surface area contributed by atoms with Crippen molar-refractivity contribution in [2.24, 2.45) is 51.2 Å². The van der Waals surface area contributed by atoms with Gasteiger partial charge in [0.1, 0.15) is 6.10 Å². The summed E-state index contributed by atoms with van der Waals surface area (Å²) < 4.78 is 26.7. The molecule has 15 atom stereocenters. The lowest BCUT2D eigenvalue weighted by molar-refractivity contribution is -0.249. The first-order chi connectivity index (χ1) is 24.2. The van der Waals surface area contributed by atoms with Gasteiger partial charge in [-0.1, -0.05) is 41.0 Å². The summed E-state index contributed by atoms with van der Waals surface area (Å²) in [5.74, 6) is 3.76. The van der Waals surface area contributed by atoms with Crippen LogP contribution in [-0.4, -0.2) is 103 Å². The summed E-state index contributed by atoms with van der Waals surface area (Å²) >= 11 is 0. The van der Waals surface area contributed by atoms with E-state index in [0.717, 1.165) is 49.8 Å². The molecule has 8 aliphatic rings. The van der Waals surface area contributed by atoms with Crippen LogP contribution in [0.5, 0.6) is 0 Å². The van der Waals surface area contributed by atoms with Gasteiger partial charge >= 0.3 is 0 Å². The Hall–Kier alpha value is -0.280. The van der Waals surface area contributed by atoms with Crippen molar-refractivity contribution in [2.75, 3.05) is 39.9 Å². The van der Waals surface area contributed by atoms with E-state index >= 15 is 0 Å². The van der Waals surface area contributed by atoms with E-state index in [2.05, 4.69) is 51.5 Å². The van der Waals surface area contributed by atoms with Crippen molar-refractivity contribution in [3.8, 4) is 0 Å². The SMILES string of the molecule is CCCC1CC(N2CCOC(O[C@H]3CCC45[C@@H](C)[C@]46CC[C@]4(C)C7CCC([C@H](OCC)C(C)(C)O)OC7CC4C6CC[C@H]5C3(C)C)C2)CCN1C. The van der Waals surface area contributed by atoms with Crippen molar-refractivity contribution in [3.63, 3.8) is 0 Å². The summed E-state index contributed by atoms with van der Waals surface area (Å²) in [6.45, 7) is 23.3. The number of aliphatic hydroxyl groups is 1. The van der Waals surface area contributed by atoms with Gasteiger partial charge in [-0.3, -0.25) is 4.90 Å². The fourth-order valence-corrected chi connectivity index (χ4v) is 15.8. The molecular weight excluding hydrogens is 636 g/mol. The maximum absolute atomic E-state index is 11.0. The Labute approximate surface area is 311 Å². The predicted molar refractivity (Wildman–Crippen MR) is 202 cm³/mol. The van der Waals surface area contributed by atoms with Crippen LogP contribution >= 0.6 is 0 Å². The molecule has 7 nitrogen and oxygen atoms in total. The second kappa shape index (κ2) is 13.4. The van der Waals surface area contributed by atoms with Crippen LogP contribution < -0.4 is 0 Å². The van der Waals surface area contributed by atoms with Crippen LogP contribution in [0.3, 0.4) is 0 Å². The Balaban J connectivity index is 0.947. The molecule has 0 aromatic carbocycles. The average molecular weight is 713 g/mol. The minimum absolute atomic E-state index is 0.00974. The molecule has 2 spiro atoms. The van der Waals surface area contributed by atoms with Crippen LogP contribution in [0.15, 0.2) is 0 Å². The number of fused-ring (bicyclic) bond motifs is 4. The second-order valence-electron chi connectivity index (χ2n) is 20.7. The molecule has 5 aliphatic carbocycles. The number of rotatable bonds is 9. The molecule has 0 radical (unpaired) electrons. The lowest BCUT2D eigenvalue weighted by Crippen LogP contribution is -2.57. The minimum atomic E-state index is -0.899. The molecule has 3 saturated heterocycles. The maximum atomic E-state index is 11.0. The molecule has 8 fully saturated rings. The van der Waals surface area contributed by atoms with Gasteiger partial charge in [0.25, 0.3) is 0 Å². The number of ether oxygens (including phenoxy) is 4.